The van der Waals surface area contributed by atoms with Gasteiger partial charge in [-0.2, -0.15) is 0 Å². The lowest BCUT2D eigenvalue weighted by Crippen LogP contribution is -2.60. The topological polar surface area (TPSA) is 198 Å². The Kier molecular flexibility index (Phi) is 11.4. The van der Waals surface area contributed by atoms with Gasteiger partial charge >= 0.3 is 13.7 Å². The quantitative estimate of drug-likeness (QED) is 0.127. The van der Waals surface area contributed by atoms with Crippen LogP contribution in [0.5, 0.6) is 0 Å². The van der Waals surface area contributed by atoms with Crippen LogP contribution in [0.2, 0.25) is 0 Å². The summed E-state index contributed by atoms with van der Waals surface area (Å²) in [6.45, 7) is -0.473. The number of ether oxygens (including phenoxy) is 2. The van der Waals surface area contributed by atoms with Crippen molar-refractivity contribution < 1.29 is 43.0 Å². The molecule has 0 aromatic heterocycles. The zero-order valence-electron chi connectivity index (χ0n) is 28.4. The van der Waals surface area contributed by atoms with E-state index < -0.39 is 62.5 Å². The van der Waals surface area contributed by atoms with Crippen LogP contribution in [0.3, 0.4) is 0 Å². The van der Waals surface area contributed by atoms with E-state index in [1.807, 2.05) is 91.0 Å². The van der Waals surface area contributed by atoms with Crippen molar-refractivity contribution in [3.63, 3.8) is 0 Å². The van der Waals surface area contributed by atoms with Gasteiger partial charge < -0.3 is 40.5 Å². The Balaban J connectivity index is 1.14. The van der Waals surface area contributed by atoms with Gasteiger partial charge in [0, 0.05) is 18.9 Å². The number of nitrogens with one attached hydrogen (secondary N) is 2. The number of hydrogen-bond acceptors (Lipinski definition) is 7. The molecule has 0 radical (unpaired) electrons. The molecule has 52 heavy (non-hydrogen) atoms. The number of primary amides is 1. The van der Waals surface area contributed by atoms with Crippen LogP contribution in [0, 0.1) is 0 Å². The third-order valence-corrected chi connectivity index (χ3v) is 10.00. The number of rotatable bonds is 13. The van der Waals surface area contributed by atoms with E-state index in [1.165, 1.54) is 4.90 Å². The van der Waals surface area contributed by atoms with Gasteiger partial charge in [-0.25, -0.2) is 4.79 Å². The first kappa shape index (κ1) is 36.7. The molecule has 13 nitrogen and oxygen atoms in total. The van der Waals surface area contributed by atoms with Crippen molar-refractivity contribution in [3.05, 3.63) is 108 Å². The highest BCUT2D eigenvalue weighted by Crippen LogP contribution is 2.44. The van der Waals surface area contributed by atoms with Gasteiger partial charge in [0.2, 0.25) is 17.7 Å². The highest BCUT2D eigenvalue weighted by molar-refractivity contribution is 7.51. The lowest BCUT2D eigenvalue weighted by molar-refractivity contribution is -0.145. The van der Waals surface area contributed by atoms with Crippen LogP contribution in [-0.4, -0.2) is 82.7 Å². The van der Waals surface area contributed by atoms with Gasteiger partial charge in [-0.15, -0.1) is 0 Å². The maximum Gasteiger partial charge on any atom is 0.407 e. The Hall–Kier alpha value is -5.07. The van der Waals surface area contributed by atoms with E-state index in [-0.39, 0.29) is 31.9 Å². The average Bonchev–Trinajstić information content (AvgIpc) is 3.45. The number of carbonyl (C=O) groups excluding carboxylic acids is 4. The van der Waals surface area contributed by atoms with Gasteiger partial charge in [0.25, 0.3) is 0 Å². The number of benzene rings is 4. The molecular formula is C38H41N4O9P. The van der Waals surface area contributed by atoms with Crippen molar-refractivity contribution in [1.29, 1.82) is 0 Å². The molecule has 1 heterocycles. The smallest absolute Gasteiger partial charge is 0.407 e. The molecule has 272 valence electrons. The summed E-state index contributed by atoms with van der Waals surface area (Å²) in [4.78, 5) is 73.5. The van der Waals surface area contributed by atoms with Crippen LogP contribution in [0.15, 0.2) is 91.0 Å². The first-order valence-corrected chi connectivity index (χ1v) is 18.9. The molecule has 0 unspecified atom stereocenters. The molecule has 2 aliphatic rings. The molecule has 0 bridgehead atoms. The van der Waals surface area contributed by atoms with Crippen LogP contribution >= 0.6 is 7.60 Å². The molecule has 14 heteroatoms. The Bertz CT molecular complexity index is 1970. The number of fused-ring (bicyclic) bond motifs is 4. The summed E-state index contributed by atoms with van der Waals surface area (Å²) < 4.78 is 22.3. The fourth-order valence-corrected chi connectivity index (χ4v) is 7.35. The van der Waals surface area contributed by atoms with Crippen LogP contribution < -0.4 is 16.4 Å². The number of alkyl carbamates (subject to hydrolysis) is 1. The predicted octanol–water partition coefficient (Wildman–Crippen LogP) is 3.79. The molecule has 4 aromatic carbocycles. The van der Waals surface area contributed by atoms with E-state index in [2.05, 4.69) is 10.6 Å². The summed E-state index contributed by atoms with van der Waals surface area (Å²) in [5.41, 5.74) is 10.6. The lowest BCUT2D eigenvalue weighted by atomic mass is 9.98. The number of likely N-dealkylation sites (tertiary alicyclic amines) is 1. The number of nitrogens with two attached hydrogens (primary N) is 1. The molecule has 3 atom stereocenters. The van der Waals surface area contributed by atoms with E-state index in [4.69, 9.17) is 15.2 Å². The summed E-state index contributed by atoms with van der Waals surface area (Å²) in [6, 6.07) is 25.6. The standard InChI is InChI=1S/C38H41N4O9P/c39-35(43)32(20-24-16-17-25-9-1-2-10-26(25)19-24)40-36(44)34-15-7-8-18-42(34)37(45)33(22-50-23-52(47,48)49)41-38(46)51-21-31-29-13-5-3-11-27(29)28-12-4-6-14-30(28)31/h1-6,9-14,16-17,19,31-34H,7-8,15,18,20-23H2,(H2,39,43)(H,40,44)(H,41,46)(H2,47,48,49)/t32-,33-,34-/m0/s1. The van der Waals surface area contributed by atoms with Gasteiger partial charge in [-0.3, -0.25) is 18.9 Å². The molecule has 1 saturated heterocycles. The summed E-state index contributed by atoms with van der Waals surface area (Å²) in [5.74, 6) is -2.28. The fraction of sp³-hybridized carbons (Fsp3) is 0.316. The van der Waals surface area contributed by atoms with Gasteiger partial charge in [-0.05, 0) is 57.9 Å². The van der Waals surface area contributed by atoms with E-state index in [0.717, 1.165) is 38.6 Å². The highest BCUT2D eigenvalue weighted by Gasteiger charge is 2.38. The Morgan fingerprint density at radius 1 is 0.846 bits per heavy atom. The maximum atomic E-state index is 14.0. The Labute approximate surface area is 300 Å². The van der Waals surface area contributed by atoms with Crippen molar-refractivity contribution >= 4 is 42.2 Å². The molecular weight excluding hydrogens is 687 g/mol. The molecule has 1 aliphatic heterocycles. The second-order valence-corrected chi connectivity index (χ2v) is 14.7. The molecule has 6 rings (SSSR count). The number of hydrogen-bond donors (Lipinski definition) is 5. The number of carbonyl (C=O) groups is 4. The largest absolute Gasteiger partial charge is 0.449 e. The van der Waals surface area contributed by atoms with Crippen molar-refractivity contribution in [1.82, 2.24) is 15.5 Å². The van der Waals surface area contributed by atoms with E-state index in [1.54, 1.807) is 0 Å². The number of piperidine rings is 1. The fourth-order valence-electron chi connectivity index (χ4n) is 7.01. The van der Waals surface area contributed by atoms with Gasteiger partial charge in [-0.1, -0.05) is 91.0 Å². The van der Waals surface area contributed by atoms with Gasteiger partial charge in [0.15, 0.2) is 0 Å². The molecule has 6 N–H and O–H groups in total. The van der Waals surface area contributed by atoms with Crippen LogP contribution in [0.4, 0.5) is 4.79 Å². The van der Waals surface area contributed by atoms with Gasteiger partial charge in [0.05, 0.1) is 6.61 Å². The summed E-state index contributed by atoms with van der Waals surface area (Å²) >= 11 is 0. The molecule has 1 fully saturated rings. The molecule has 0 spiro atoms. The van der Waals surface area contributed by atoms with Crippen molar-refractivity contribution in [2.45, 2.75) is 49.7 Å². The molecule has 4 aromatic rings. The van der Waals surface area contributed by atoms with E-state index >= 15 is 0 Å². The predicted molar refractivity (Wildman–Crippen MR) is 193 cm³/mol. The van der Waals surface area contributed by atoms with Crippen LogP contribution in [-0.2, 0) is 34.8 Å². The average molecular weight is 729 g/mol. The van der Waals surface area contributed by atoms with Crippen molar-refractivity contribution in [2.24, 2.45) is 5.73 Å². The summed E-state index contributed by atoms with van der Waals surface area (Å²) in [5, 5.41) is 7.22. The van der Waals surface area contributed by atoms with E-state index in [9.17, 15) is 33.5 Å². The molecule has 0 saturated carbocycles. The number of nitrogens with zero attached hydrogens (tertiary/aromatic N) is 1. The monoisotopic (exact) mass is 728 g/mol. The Morgan fingerprint density at radius 3 is 2.17 bits per heavy atom. The van der Waals surface area contributed by atoms with E-state index in [0.29, 0.717) is 12.8 Å². The molecule has 1 aliphatic carbocycles. The van der Waals surface area contributed by atoms with Gasteiger partial charge in [0.1, 0.15) is 31.1 Å². The lowest BCUT2D eigenvalue weighted by Gasteiger charge is -2.37. The second-order valence-electron chi connectivity index (χ2n) is 13.1. The SMILES string of the molecule is NC(=O)[C@H](Cc1ccc2ccccc2c1)NC(=O)[C@@H]1CCCCN1C(=O)[C@H](COCP(=O)(O)O)NC(=O)OCC1c2ccccc2-c2ccccc21. The third kappa shape index (κ3) is 8.68. The summed E-state index contributed by atoms with van der Waals surface area (Å²) in [7, 11) is -4.60. The van der Waals surface area contributed by atoms with Crippen LogP contribution in [0.1, 0.15) is 41.9 Å². The summed E-state index contributed by atoms with van der Waals surface area (Å²) in [6.07, 6.45) is -0.335. The minimum absolute atomic E-state index is 0.0371. The van der Waals surface area contributed by atoms with Crippen molar-refractivity contribution in [3.8, 4) is 11.1 Å². The minimum Gasteiger partial charge on any atom is -0.449 e. The zero-order valence-corrected chi connectivity index (χ0v) is 29.2. The highest BCUT2D eigenvalue weighted by atomic mass is 31.2. The second kappa shape index (κ2) is 16.1. The minimum atomic E-state index is -4.60. The zero-order chi connectivity index (χ0) is 36.8. The maximum absolute atomic E-state index is 14.0. The normalized spacial score (nSPS) is 16.7. The first-order chi connectivity index (χ1) is 25.0. The number of amides is 4. The third-order valence-electron chi connectivity index (χ3n) is 9.48. The molecule has 4 amide bonds. The van der Waals surface area contributed by atoms with Crippen molar-refractivity contribution in [2.75, 3.05) is 26.1 Å². The Morgan fingerprint density at radius 2 is 1.50 bits per heavy atom. The first-order valence-electron chi connectivity index (χ1n) is 17.1. The van der Waals surface area contributed by atoms with Crippen LogP contribution in [0.25, 0.3) is 21.9 Å².